The van der Waals surface area contributed by atoms with Gasteiger partial charge in [0.1, 0.15) is 18.8 Å². The number of hydrogen-bond acceptors (Lipinski definition) is 11. The average molecular weight is 801 g/mol. The maximum atomic E-state index is 14.0. The van der Waals surface area contributed by atoms with E-state index in [0.29, 0.717) is 4.88 Å². The van der Waals surface area contributed by atoms with Crippen LogP contribution in [0.5, 0.6) is 0 Å². The molecule has 0 aliphatic rings. The Balaban J connectivity index is 1.58. The highest BCUT2D eigenvalue weighted by atomic mass is 32.3. The van der Waals surface area contributed by atoms with Gasteiger partial charge >= 0.3 is 22.5 Å². The highest BCUT2D eigenvalue weighted by Crippen LogP contribution is 2.21. The number of nitrogens with zero attached hydrogens (tertiary/aromatic N) is 3. The number of thiazole rings is 2. The van der Waals surface area contributed by atoms with E-state index in [1.165, 1.54) is 27.6 Å². The number of hydrogen-bond donors (Lipinski definition) is 4. The first-order chi connectivity index (χ1) is 25.7. The van der Waals surface area contributed by atoms with E-state index >= 15 is 0 Å². The molecule has 54 heavy (non-hydrogen) atoms. The van der Waals surface area contributed by atoms with E-state index in [1.807, 2.05) is 55.6 Å². The summed E-state index contributed by atoms with van der Waals surface area (Å²) in [5, 5.41) is 11.4. The van der Waals surface area contributed by atoms with Gasteiger partial charge in [-0.15, -0.1) is 22.7 Å². The smallest absolute Gasteiger partial charge is 0.407 e. The van der Waals surface area contributed by atoms with E-state index in [4.69, 9.17) is 8.92 Å². The Morgan fingerprint density at radius 3 is 2.11 bits per heavy atom. The Kier molecular flexibility index (Phi) is 15.9. The Bertz CT molecular complexity index is 1880. The van der Waals surface area contributed by atoms with Crippen LogP contribution >= 0.6 is 22.7 Å². The minimum atomic E-state index is -5.05. The van der Waals surface area contributed by atoms with Gasteiger partial charge in [0.25, 0.3) is 0 Å². The third-order valence-electron chi connectivity index (χ3n) is 8.35. The first-order valence-corrected chi connectivity index (χ1v) is 20.6. The lowest BCUT2D eigenvalue weighted by atomic mass is 9.93. The molecule has 2 aromatic carbocycles. The van der Waals surface area contributed by atoms with Gasteiger partial charge in [-0.05, 0) is 36.3 Å². The molecule has 2 heterocycles. The fourth-order valence-electron chi connectivity index (χ4n) is 5.63. The molecule has 2 aromatic heterocycles. The first kappa shape index (κ1) is 42.3. The number of carbonyl (C=O) groups is 3. The van der Waals surface area contributed by atoms with E-state index in [1.54, 1.807) is 56.9 Å². The van der Waals surface area contributed by atoms with E-state index in [0.717, 1.165) is 21.8 Å². The maximum Gasteiger partial charge on any atom is 0.407 e. The van der Waals surface area contributed by atoms with Gasteiger partial charge in [-0.2, -0.15) is 8.42 Å². The molecule has 0 saturated heterocycles. The molecule has 0 aliphatic carbocycles. The second-order valence-electron chi connectivity index (χ2n) is 13.5. The van der Waals surface area contributed by atoms with E-state index in [9.17, 15) is 27.4 Å². The van der Waals surface area contributed by atoms with Crippen molar-refractivity contribution in [2.45, 2.75) is 90.3 Å². The average Bonchev–Trinajstić information content (AvgIpc) is 3.82. The zero-order chi connectivity index (χ0) is 39.3. The summed E-state index contributed by atoms with van der Waals surface area (Å²) in [6.07, 6.45) is -0.509. The number of amides is 4. The molecule has 4 N–H and O–H groups in total. The van der Waals surface area contributed by atoms with Crippen LogP contribution in [-0.2, 0) is 50.1 Å². The van der Waals surface area contributed by atoms with E-state index < -0.39 is 52.7 Å². The van der Waals surface area contributed by atoms with E-state index in [2.05, 4.69) is 25.9 Å². The Morgan fingerprint density at radius 1 is 0.907 bits per heavy atom. The van der Waals surface area contributed by atoms with Crippen molar-refractivity contribution >= 4 is 51.1 Å². The molecule has 0 saturated carbocycles. The molecule has 4 atom stereocenters. The van der Waals surface area contributed by atoms with Gasteiger partial charge < -0.3 is 25.6 Å². The number of ether oxygens (including phenoxy) is 1. The van der Waals surface area contributed by atoms with Crippen molar-refractivity contribution in [2.75, 3.05) is 7.05 Å². The van der Waals surface area contributed by atoms with Crippen LogP contribution in [0.25, 0.3) is 0 Å². The summed E-state index contributed by atoms with van der Waals surface area (Å²) in [6.45, 7) is 7.88. The Hall–Kier alpha value is -4.42. The zero-order valence-corrected chi connectivity index (χ0v) is 33.3. The molecule has 0 fully saturated rings. The van der Waals surface area contributed by atoms with Gasteiger partial charge in [-0.1, -0.05) is 88.4 Å². The summed E-state index contributed by atoms with van der Waals surface area (Å²) in [6, 6.07) is 14.9. The number of alkyl carbamates (subject to hydrolysis) is 1. The molecule has 4 amide bonds. The summed E-state index contributed by atoms with van der Waals surface area (Å²) in [7, 11) is -3.43. The number of nitrogens with one attached hydrogen (secondary N) is 3. The van der Waals surface area contributed by atoms with Gasteiger partial charge in [0, 0.05) is 30.6 Å². The zero-order valence-electron chi connectivity index (χ0n) is 30.9. The molecule has 14 nitrogen and oxygen atoms in total. The fourth-order valence-corrected chi connectivity index (χ4v) is 7.49. The quantitative estimate of drug-likeness (QED) is 0.0853. The molecule has 4 rings (SSSR count). The third kappa shape index (κ3) is 14.1. The largest absolute Gasteiger partial charge is 0.444 e. The predicted molar refractivity (Wildman–Crippen MR) is 207 cm³/mol. The molecule has 0 bridgehead atoms. The maximum absolute atomic E-state index is 14.0. The molecule has 4 aromatic rings. The molecule has 0 aliphatic heterocycles. The lowest BCUT2D eigenvalue weighted by molar-refractivity contribution is -0.124. The minimum Gasteiger partial charge on any atom is -0.444 e. The predicted octanol–water partition coefficient (Wildman–Crippen LogP) is 5.73. The van der Waals surface area contributed by atoms with Gasteiger partial charge in [-0.3, -0.25) is 14.3 Å². The van der Waals surface area contributed by atoms with Crippen molar-refractivity contribution < 1.29 is 36.3 Å². The van der Waals surface area contributed by atoms with Gasteiger partial charge in [-0.25, -0.2) is 18.8 Å². The van der Waals surface area contributed by atoms with Crippen LogP contribution in [0.4, 0.5) is 9.59 Å². The second kappa shape index (κ2) is 20.3. The molecule has 292 valence electrons. The lowest BCUT2D eigenvalue weighted by Gasteiger charge is -2.32. The summed E-state index contributed by atoms with van der Waals surface area (Å²) >= 11 is 2.83. The van der Waals surface area contributed by atoms with Gasteiger partial charge in [0.2, 0.25) is 5.91 Å². The molecule has 17 heteroatoms. The summed E-state index contributed by atoms with van der Waals surface area (Å²) in [5.41, 5.74) is 3.90. The standard InChI is InChI=1S/C37H48N6O8S3/c1-24(2)33(42-36(45)43(5)20-29-22-52-35(40-29)25(3)4)34(44)39-28(16-26-12-8-6-9-13-26)18-32(51-54(47,48)49)31(17-27-14-10-7-11-15-27)41-37(46)50-21-30-19-38-23-53-30/h6-15,19,22-25,28,31-33H,16-18,20-21H2,1-5H3,(H,39,44)(H,41,46)(H,42,45)(H,47,48,49)/t28-,31-,32-,33-/m0/s1. The van der Waals surface area contributed by atoms with Crippen LogP contribution in [0.2, 0.25) is 0 Å². The van der Waals surface area contributed by atoms with Crippen molar-refractivity contribution in [2.24, 2.45) is 5.92 Å². The molecule has 0 spiro atoms. The van der Waals surface area contributed by atoms with Crippen molar-refractivity contribution in [1.82, 2.24) is 30.8 Å². The molecular weight excluding hydrogens is 753 g/mol. The van der Waals surface area contributed by atoms with Crippen molar-refractivity contribution in [3.63, 3.8) is 0 Å². The van der Waals surface area contributed by atoms with E-state index in [-0.39, 0.29) is 44.2 Å². The van der Waals surface area contributed by atoms with Gasteiger partial charge in [0.05, 0.1) is 33.7 Å². The van der Waals surface area contributed by atoms with Crippen molar-refractivity contribution in [1.29, 1.82) is 0 Å². The van der Waals surface area contributed by atoms with Crippen molar-refractivity contribution in [3.05, 3.63) is 104 Å². The highest BCUT2D eigenvalue weighted by molar-refractivity contribution is 7.80. The van der Waals surface area contributed by atoms with Crippen LogP contribution in [0, 0.1) is 5.92 Å². The number of urea groups is 1. The molecule has 0 radical (unpaired) electrons. The summed E-state index contributed by atoms with van der Waals surface area (Å²) in [5.74, 6) is -0.585. The van der Waals surface area contributed by atoms with Crippen LogP contribution < -0.4 is 16.0 Å². The highest BCUT2D eigenvalue weighted by Gasteiger charge is 2.34. The number of rotatable bonds is 19. The van der Waals surface area contributed by atoms with Crippen LogP contribution in [0.3, 0.4) is 0 Å². The minimum absolute atomic E-state index is 0.0642. The fraction of sp³-hybridized carbons (Fsp3) is 0.432. The summed E-state index contributed by atoms with van der Waals surface area (Å²) in [4.78, 5) is 51.2. The Labute approximate surface area is 324 Å². The second-order valence-corrected chi connectivity index (χ2v) is 16.4. The SMILES string of the molecule is CC(C)c1nc(CN(C)C(=O)N[C@H](C(=O)N[C@@H](Cc2ccccc2)C[C@H](OS(=O)(=O)O)[C@H](Cc2ccccc2)NC(=O)OCc2cncs2)C(C)C)cs1. The topological polar surface area (TPSA) is 189 Å². The van der Waals surface area contributed by atoms with Crippen LogP contribution in [0.1, 0.15) is 66.7 Å². The third-order valence-corrected chi connectivity index (χ3v) is 10.8. The van der Waals surface area contributed by atoms with Crippen LogP contribution in [0.15, 0.2) is 77.8 Å². The normalized spacial score (nSPS) is 13.9. The van der Waals surface area contributed by atoms with Gasteiger partial charge in [0.15, 0.2) is 0 Å². The number of benzene rings is 2. The first-order valence-electron chi connectivity index (χ1n) is 17.5. The van der Waals surface area contributed by atoms with Crippen molar-refractivity contribution in [3.8, 4) is 0 Å². The lowest BCUT2D eigenvalue weighted by Crippen LogP contribution is -2.56. The number of carbonyl (C=O) groups excluding carboxylic acids is 3. The molecular formula is C37H48N6O8S3. The van der Waals surface area contributed by atoms with Crippen LogP contribution in [-0.4, -0.2) is 77.1 Å². The monoisotopic (exact) mass is 800 g/mol. The summed E-state index contributed by atoms with van der Waals surface area (Å²) < 4.78 is 45.3. The Morgan fingerprint density at radius 2 is 1.56 bits per heavy atom. The number of aromatic nitrogens is 2. The molecule has 0 unspecified atom stereocenters.